The molecule has 0 heterocycles. The normalized spacial score (nSPS) is 10.4. The van der Waals surface area contributed by atoms with Gasteiger partial charge in [0.25, 0.3) is 5.91 Å². The van der Waals surface area contributed by atoms with Gasteiger partial charge in [0.2, 0.25) is 0 Å². The first-order valence-electron chi connectivity index (χ1n) is 8.98. The molecule has 0 aliphatic heterocycles. The van der Waals surface area contributed by atoms with E-state index in [1.54, 1.807) is 24.3 Å². The third-order valence-corrected chi connectivity index (χ3v) is 4.00. The second-order valence-corrected chi connectivity index (χ2v) is 6.11. The van der Waals surface area contributed by atoms with Gasteiger partial charge in [-0.05, 0) is 48.7 Å². The Bertz CT molecular complexity index is 652. The van der Waals surface area contributed by atoms with Crippen molar-refractivity contribution in [1.29, 1.82) is 0 Å². The van der Waals surface area contributed by atoms with Gasteiger partial charge in [-0.25, -0.2) is 0 Å². The highest BCUT2D eigenvalue weighted by molar-refractivity contribution is 5.94. The Labute approximate surface area is 149 Å². The van der Waals surface area contributed by atoms with E-state index in [1.165, 1.54) is 19.3 Å². The summed E-state index contributed by atoms with van der Waals surface area (Å²) in [4.78, 5) is 12.2. The van der Waals surface area contributed by atoms with Crippen molar-refractivity contribution < 1.29 is 14.6 Å². The summed E-state index contributed by atoms with van der Waals surface area (Å²) < 4.78 is 5.72. The van der Waals surface area contributed by atoms with E-state index in [1.807, 2.05) is 24.3 Å². The number of amides is 1. The third kappa shape index (κ3) is 6.87. The van der Waals surface area contributed by atoms with Gasteiger partial charge in [0.15, 0.2) is 0 Å². The molecule has 0 saturated heterocycles. The average Bonchev–Trinajstić information content (AvgIpc) is 2.63. The molecule has 2 rings (SSSR count). The van der Waals surface area contributed by atoms with Crippen molar-refractivity contribution in [3.05, 3.63) is 59.7 Å². The van der Waals surface area contributed by atoms with E-state index in [4.69, 9.17) is 4.74 Å². The van der Waals surface area contributed by atoms with Crippen LogP contribution >= 0.6 is 0 Å². The molecule has 4 nitrogen and oxygen atoms in total. The fourth-order valence-corrected chi connectivity index (χ4v) is 2.53. The number of carbonyl (C=O) groups excluding carboxylic acids is 1. The molecular weight excluding hydrogens is 314 g/mol. The number of phenolic OH excluding ortho intramolecular Hbond substituents is 1. The summed E-state index contributed by atoms with van der Waals surface area (Å²) in [6, 6.07) is 14.3. The van der Waals surface area contributed by atoms with E-state index < -0.39 is 0 Å². The molecule has 2 N–H and O–H groups in total. The highest BCUT2D eigenvalue weighted by Gasteiger charge is 2.06. The van der Waals surface area contributed by atoms with Crippen LogP contribution in [0.15, 0.2) is 48.5 Å². The molecule has 0 spiro atoms. The maximum Gasteiger partial charge on any atom is 0.251 e. The van der Waals surface area contributed by atoms with Crippen molar-refractivity contribution in [2.24, 2.45) is 0 Å². The maximum absolute atomic E-state index is 12.2. The van der Waals surface area contributed by atoms with Crippen molar-refractivity contribution in [3.63, 3.8) is 0 Å². The van der Waals surface area contributed by atoms with Crippen LogP contribution in [0.1, 0.15) is 48.5 Å². The van der Waals surface area contributed by atoms with Gasteiger partial charge in [-0.2, -0.15) is 0 Å². The van der Waals surface area contributed by atoms with Crippen LogP contribution in [-0.4, -0.2) is 24.2 Å². The smallest absolute Gasteiger partial charge is 0.251 e. The second-order valence-electron chi connectivity index (χ2n) is 6.11. The molecule has 0 aliphatic carbocycles. The van der Waals surface area contributed by atoms with Gasteiger partial charge >= 0.3 is 0 Å². The Kier molecular flexibility index (Phi) is 7.83. The fraction of sp³-hybridized carbons (Fsp3) is 0.381. The Morgan fingerprint density at radius 2 is 1.88 bits per heavy atom. The predicted molar refractivity (Wildman–Crippen MR) is 100 cm³/mol. The number of aromatic hydroxyl groups is 1. The van der Waals surface area contributed by atoms with Crippen LogP contribution < -0.4 is 10.1 Å². The van der Waals surface area contributed by atoms with Crippen molar-refractivity contribution in [2.45, 2.75) is 39.0 Å². The van der Waals surface area contributed by atoms with Gasteiger partial charge in [0.1, 0.15) is 11.5 Å². The molecule has 25 heavy (non-hydrogen) atoms. The molecule has 0 aliphatic rings. The predicted octanol–water partition coefficient (Wildman–Crippen LogP) is 4.32. The van der Waals surface area contributed by atoms with Gasteiger partial charge in [-0.1, -0.05) is 44.4 Å². The quantitative estimate of drug-likeness (QED) is 0.633. The molecule has 0 unspecified atom stereocenters. The highest BCUT2D eigenvalue weighted by atomic mass is 16.5. The molecule has 0 bridgehead atoms. The van der Waals surface area contributed by atoms with Crippen LogP contribution in [0.2, 0.25) is 0 Å². The number of hydrogen-bond acceptors (Lipinski definition) is 3. The number of nitrogens with one attached hydrogen (secondary N) is 1. The lowest BCUT2D eigenvalue weighted by molar-refractivity contribution is 0.0953. The second kappa shape index (κ2) is 10.4. The van der Waals surface area contributed by atoms with E-state index in [0.29, 0.717) is 18.7 Å². The van der Waals surface area contributed by atoms with Crippen LogP contribution in [0.5, 0.6) is 11.5 Å². The number of benzene rings is 2. The SMILES string of the molecule is CCCCCCOc1cccc(C(=O)NCCc2ccc(O)cc2)c1. The van der Waals surface area contributed by atoms with Crippen molar-refractivity contribution in [1.82, 2.24) is 5.32 Å². The van der Waals surface area contributed by atoms with E-state index in [9.17, 15) is 9.90 Å². The van der Waals surface area contributed by atoms with E-state index in [0.717, 1.165) is 24.2 Å². The number of unbranched alkanes of at least 4 members (excludes halogenated alkanes) is 3. The Hall–Kier alpha value is -2.49. The molecule has 2 aromatic rings. The Morgan fingerprint density at radius 3 is 2.64 bits per heavy atom. The third-order valence-electron chi connectivity index (χ3n) is 4.00. The van der Waals surface area contributed by atoms with Gasteiger partial charge in [0, 0.05) is 12.1 Å². The highest BCUT2D eigenvalue weighted by Crippen LogP contribution is 2.14. The minimum Gasteiger partial charge on any atom is -0.508 e. The summed E-state index contributed by atoms with van der Waals surface area (Å²) in [6.07, 6.45) is 5.37. The minimum absolute atomic E-state index is 0.102. The number of carbonyl (C=O) groups is 1. The zero-order chi connectivity index (χ0) is 17.9. The first-order valence-corrected chi connectivity index (χ1v) is 8.98. The number of rotatable bonds is 10. The van der Waals surface area contributed by atoms with Crippen LogP contribution in [0.3, 0.4) is 0 Å². The summed E-state index contributed by atoms with van der Waals surface area (Å²) >= 11 is 0. The topological polar surface area (TPSA) is 58.6 Å². The lowest BCUT2D eigenvalue weighted by Gasteiger charge is -2.09. The summed E-state index contributed by atoms with van der Waals surface area (Å²) in [5, 5.41) is 12.2. The molecule has 0 atom stereocenters. The minimum atomic E-state index is -0.102. The van der Waals surface area contributed by atoms with Crippen LogP contribution in [0.4, 0.5) is 0 Å². The molecule has 2 aromatic carbocycles. The molecular formula is C21H27NO3. The molecule has 0 fully saturated rings. The average molecular weight is 341 g/mol. The zero-order valence-corrected chi connectivity index (χ0v) is 14.8. The van der Waals surface area contributed by atoms with Gasteiger partial charge < -0.3 is 15.2 Å². The van der Waals surface area contributed by atoms with Crippen molar-refractivity contribution >= 4 is 5.91 Å². The molecule has 1 amide bonds. The van der Waals surface area contributed by atoms with Crippen LogP contribution in [0, 0.1) is 0 Å². The zero-order valence-electron chi connectivity index (χ0n) is 14.8. The molecule has 0 saturated carbocycles. The summed E-state index contributed by atoms with van der Waals surface area (Å²) in [5.41, 5.74) is 1.68. The monoisotopic (exact) mass is 341 g/mol. The van der Waals surface area contributed by atoms with Crippen LogP contribution in [0.25, 0.3) is 0 Å². The van der Waals surface area contributed by atoms with Crippen molar-refractivity contribution in [3.8, 4) is 11.5 Å². The number of phenols is 1. The van der Waals surface area contributed by atoms with E-state index in [2.05, 4.69) is 12.2 Å². The maximum atomic E-state index is 12.2. The van der Waals surface area contributed by atoms with Gasteiger partial charge in [-0.3, -0.25) is 4.79 Å². The summed E-state index contributed by atoms with van der Waals surface area (Å²) in [7, 11) is 0. The van der Waals surface area contributed by atoms with Gasteiger partial charge in [0.05, 0.1) is 6.61 Å². The molecule has 0 aromatic heterocycles. The standard InChI is InChI=1S/C21H27NO3/c1-2-3-4-5-15-25-20-8-6-7-18(16-20)21(24)22-14-13-17-9-11-19(23)12-10-17/h6-12,16,23H,2-5,13-15H2,1H3,(H,22,24). The van der Waals surface area contributed by atoms with Gasteiger partial charge in [-0.15, -0.1) is 0 Å². The summed E-state index contributed by atoms with van der Waals surface area (Å²) in [6.45, 7) is 3.42. The van der Waals surface area contributed by atoms with Crippen molar-refractivity contribution in [2.75, 3.05) is 13.2 Å². The number of ether oxygens (including phenoxy) is 1. The van der Waals surface area contributed by atoms with E-state index >= 15 is 0 Å². The fourth-order valence-electron chi connectivity index (χ4n) is 2.53. The molecule has 4 heteroatoms. The number of hydrogen-bond donors (Lipinski definition) is 2. The van der Waals surface area contributed by atoms with Crippen LogP contribution in [-0.2, 0) is 6.42 Å². The van der Waals surface area contributed by atoms with E-state index in [-0.39, 0.29) is 11.7 Å². The largest absolute Gasteiger partial charge is 0.508 e. The Morgan fingerprint density at radius 1 is 1.08 bits per heavy atom. The first-order chi connectivity index (χ1) is 12.2. The summed E-state index contributed by atoms with van der Waals surface area (Å²) in [5.74, 6) is 0.886. The lowest BCUT2D eigenvalue weighted by Crippen LogP contribution is -2.25. The lowest BCUT2D eigenvalue weighted by atomic mass is 10.1. The Balaban J connectivity index is 1.76. The molecule has 0 radical (unpaired) electrons. The molecule has 134 valence electrons. The first kappa shape index (κ1) is 18.8.